The van der Waals surface area contributed by atoms with Gasteiger partial charge in [0, 0.05) is 11.6 Å². The molecule has 1 saturated heterocycles. The molecule has 1 N–H and O–H groups in total. The minimum absolute atomic E-state index is 0.0734. The van der Waals surface area contributed by atoms with Crippen molar-refractivity contribution in [2.75, 3.05) is 26.9 Å². The monoisotopic (exact) mass is 796 g/mol. The Hall–Kier alpha value is -5.72. The molecule has 59 heavy (non-hydrogen) atoms. The number of fused-ring (bicyclic) bond motifs is 1. The van der Waals surface area contributed by atoms with Gasteiger partial charge in [-0.15, -0.1) is 0 Å². The Labute approximate surface area is 344 Å². The number of methoxy groups -OCH3 is 1. The van der Waals surface area contributed by atoms with Crippen molar-refractivity contribution in [2.45, 2.75) is 56.6 Å². The van der Waals surface area contributed by atoms with Crippen LogP contribution in [0.3, 0.4) is 0 Å². The molecule has 0 saturated carbocycles. The van der Waals surface area contributed by atoms with Crippen molar-refractivity contribution < 1.29 is 47.7 Å². The molecule has 10 heteroatoms. The Kier molecular flexibility index (Phi) is 13.1. The minimum Gasteiger partial charge on any atom is -0.493 e. The fourth-order valence-electron chi connectivity index (χ4n) is 7.28. The largest absolute Gasteiger partial charge is 0.493 e. The van der Waals surface area contributed by atoms with Crippen LogP contribution in [0.15, 0.2) is 158 Å². The first-order valence-corrected chi connectivity index (χ1v) is 19.8. The van der Waals surface area contributed by atoms with Crippen LogP contribution in [0.4, 0.5) is 0 Å². The Morgan fingerprint density at radius 1 is 0.559 bits per heavy atom. The zero-order chi connectivity index (χ0) is 40.3. The Bertz CT molecular complexity index is 2210. The summed E-state index contributed by atoms with van der Waals surface area (Å²) in [7, 11) is 1.56. The van der Waals surface area contributed by atoms with E-state index >= 15 is 0 Å². The Balaban J connectivity index is 1.19. The number of rotatable bonds is 17. The van der Waals surface area contributed by atoms with E-state index in [1.54, 1.807) is 43.5 Å². The summed E-state index contributed by atoms with van der Waals surface area (Å²) >= 11 is 0. The van der Waals surface area contributed by atoms with Crippen LogP contribution in [0.25, 0.3) is 0 Å². The quantitative estimate of drug-likeness (QED) is 0.0964. The van der Waals surface area contributed by atoms with Gasteiger partial charge in [-0.3, -0.25) is 0 Å². The third-order valence-corrected chi connectivity index (χ3v) is 10.3. The van der Waals surface area contributed by atoms with E-state index in [1.165, 1.54) is 0 Å². The predicted molar refractivity (Wildman–Crippen MR) is 220 cm³/mol. The van der Waals surface area contributed by atoms with Crippen LogP contribution in [0.2, 0.25) is 0 Å². The van der Waals surface area contributed by atoms with Crippen LogP contribution >= 0.6 is 0 Å². The molecule has 304 valence electrons. The summed E-state index contributed by atoms with van der Waals surface area (Å²) in [5, 5.41) is 13.3. The van der Waals surface area contributed by atoms with Gasteiger partial charge in [-0.05, 0) is 52.6 Å². The molecule has 8 rings (SSSR count). The molecule has 1 unspecified atom stereocenters. The standard InChI is InChI=1S/C49H48O10/c1-51-41-24-22-39(28-44(41)58-40-23-25-42-43(29-40)54-27-26-53-42)49(50)48(57-33-38-20-12-5-13-21-38)47(56-32-37-18-10-4-11-19-37)46(55-31-36-16-8-3-9-17-36)45(59-49)34-52-30-35-14-6-2-7-15-35/h2-25,28-29,45-48,50H,26-27,30-34H2,1H3/t45-,46-,47+,48-,49?/m1/s1. The first-order valence-electron chi connectivity index (χ1n) is 19.8. The highest BCUT2D eigenvalue weighted by atomic mass is 16.7. The number of aliphatic hydroxyl groups is 1. The van der Waals surface area contributed by atoms with Gasteiger partial charge in [0.2, 0.25) is 5.79 Å². The molecule has 0 spiro atoms. The molecule has 0 radical (unpaired) electrons. The normalized spacial score (nSPS) is 21.1. The zero-order valence-corrected chi connectivity index (χ0v) is 32.9. The average molecular weight is 797 g/mol. The Morgan fingerprint density at radius 2 is 1.10 bits per heavy atom. The van der Waals surface area contributed by atoms with Gasteiger partial charge in [0.05, 0.1) is 40.1 Å². The topological polar surface area (TPSA) is 103 Å². The maximum atomic E-state index is 13.3. The second-order valence-corrected chi connectivity index (χ2v) is 14.4. The molecule has 6 aromatic carbocycles. The van der Waals surface area contributed by atoms with Gasteiger partial charge in [0.15, 0.2) is 23.0 Å². The molecule has 0 aromatic heterocycles. The summed E-state index contributed by atoms with van der Waals surface area (Å²) in [6, 6.07) is 50.0. The lowest BCUT2D eigenvalue weighted by Crippen LogP contribution is -2.65. The molecule has 10 nitrogen and oxygen atoms in total. The van der Waals surface area contributed by atoms with Crippen molar-refractivity contribution in [1.82, 2.24) is 0 Å². The fraction of sp³-hybridized carbons (Fsp3) is 0.265. The first-order chi connectivity index (χ1) is 29.1. The lowest BCUT2D eigenvalue weighted by molar-refractivity contribution is -0.378. The second-order valence-electron chi connectivity index (χ2n) is 14.4. The molecule has 2 aliphatic rings. The van der Waals surface area contributed by atoms with Crippen LogP contribution in [0.5, 0.6) is 28.7 Å². The van der Waals surface area contributed by atoms with E-state index < -0.39 is 30.2 Å². The molecule has 0 bridgehead atoms. The van der Waals surface area contributed by atoms with Gasteiger partial charge < -0.3 is 47.7 Å². The number of benzene rings is 6. The van der Waals surface area contributed by atoms with Crippen LogP contribution in [0.1, 0.15) is 27.8 Å². The van der Waals surface area contributed by atoms with Crippen LogP contribution in [-0.2, 0) is 55.9 Å². The zero-order valence-electron chi connectivity index (χ0n) is 32.9. The number of hydrogen-bond acceptors (Lipinski definition) is 10. The lowest BCUT2D eigenvalue weighted by Gasteiger charge is -2.50. The van der Waals surface area contributed by atoms with E-state index in [9.17, 15) is 5.11 Å². The van der Waals surface area contributed by atoms with Gasteiger partial charge >= 0.3 is 0 Å². The summed E-state index contributed by atoms with van der Waals surface area (Å²) in [5.41, 5.74) is 4.17. The third-order valence-electron chi connectivity index (χ3n) is 10.3. The molecular formula is C49H48O10. The summed E-state index contributed by atoms with van der Waals surface area (Å²) < 4.78 is 57.5. The van der Waals surface area contributed by atoms with Crippen molar-refractivity contribution in [1.29, 1.82) is 0 Å². The Morgan fingerprint density at radius 3 is 1.69 bits per heavy atom. The van der Waals surface area contributed by atoms with E-state index in [1.807, 2.05) is 121 Å². The summed E-state index contributed by atoms with van der Waals surface area (Å²) in [6.45, 7) is 1.94. The molecule has 0 aliphatic carbocycles. The smallest absolute Gasteiger partial charge is 0.222 e. The van der Waals surface area contributed by atoms with Crippen molar-refractivity contribution >= 4 is 0 Å². The highest BCUT2D eigenvalue weighted by molar-refractivity contribution is 5.51. The van der Waals surface area contributed by atoms with Crippen molar-refractivity contribution in [3.63, 3.8) is 0 Å². The first kappa shape index (κ1) is 40.1. The van der Waals surface area contributed by atoms with Crippen LogP contribution in [0, 0.1) is 0 Å². The highest BCUT2D eigenvalue weighted by Gasteiger charge is 2.57. The molecular weight excluding hydrogens is 749 g/mol. The van der Waals surface area contributed by atoms with Crippen molar-refractivity contribution in [3.05, 3.63) is 186 Å². The molecule has 6 aromatic rings. The predicted octanol–water partition coefficient (Wildman–Crippen LogP) is 8.78. The van der Waals surface area contributed by atoms with E-state index in [0.717, 1.165) is 22.3 Å². The van der Waals surface area contributed by atoms with E-state index in [4.69, 9.17) is 42.6 Å². The molecule has 1 fully saturated rings. The van der Waals surface area contributed by atoms with Gasteiger partial charge in [0.1, 0.15) is 43.4 Å². The maximum absolute atomic E-state index is 13.3. The molecule has 2 aliphatic heterocycles. The summed E-state index contributed by atoms with van der Waals surface area (Å²) in [5.74, 6) is 0.365. The summed E-state index contributed by atoms with van der Waals surface area (Å²) in [6.07, 6.45) is -3.56. The molecule has 5 atom stereocenters. The summed E-state index contributed by atoms with van der Waals surface area (Å²) in [4.78, 5) is 0. The van der Waals surface area contributed by atoms with Gasteiger partial charge in [0.25, 0.3) is 0 Å². The van der Waals surface area contributed by atoms with E-state index in [0.29, 0.717) is 54.1 Å². The maximum Gasteiger partial charge on any atom is 0.222 e. The second kappa shape index (κ2) is 19.4. The van der Waals surface area contributed by atoms with Crippen LogP contribution < -0.4 is 18.9 Å². The van der Waals surface area contributed by atoms with Crippen LogP contribution in [-0.4, -0.2) is 56.5 Å². The van der Waals surface area contributed by atoms with Crippen molar-refractivity contribution in [2.24, 2.45) is 0 Å². The van der Waals surface area contributed by atoms with Gasteiger partial charge in [-0.2, -0.15) is 0 Å². The SMILES string of the molecule is COc1ccc(C2(O)O[C@H](COCc3ccccc3)[C@@H](OCc3ccccc3)[C@H](OCc3ccccc3)[C@H]2OCc2ccccc2)cc1Oc1ccc2c(c1)OCCO2. The number of hydrogen-bond donors (Lipinski definition) is 1. The number of ether oxygens (including phenoxy) is 9. The lowest BCUT2D eigenvalue weighted by atomic mass is 9.87. The molecule has 2 heterocycles. The third kappa shape index (κ3) is 9.95. The highest BCUT2D eigenvalue weighted by Crippen LogP contribution is 2.45. The van der Waals surface area contributed by atoms with Crippen molar-refractivity contribution in [3.8, 4) is 28.7 Å². The minimum atomic E-state index is -2.11. The van der Waals surface area contributed by atoms with E-state index in [-0.39, 0.29) is 26.4 Å². The van der Waals surface area contributed by atoms with E-state index in [2.05, 4.69) is 0 Å². The van der Waals surface area contributed by atoms with Gasteiger partial charge in [-0.1, -0.05) is 121 Å². The fourth-order valence-corrected chi connectivity index (χ4v) is 7.28. The van der Waals surface area contributed by atoms with Gasteiger partial charge in [-0.25, -0.2) is 0 Å². The molecule has 0 amide bonds. The average Bonchev–Trinajstić information content (AvgIpc) is 3.29.